The maximum Gasteiger partial charge on any atom is 0.291 e. The molecule has 19 heavy (non-hydrogen) atoms. The lowest BCUT2D eigenvalue weighted by atomic mass is 10.0. The number of aryl methyl sites for hydroxylation is 1. The molecular weight excluding hydrogens is 250 g/mol. The van der Waals surface area contributed by atoms with E-state index in [0.717, 1.165) is 4.90 Å². The molecular formula is C11H15N5O3. The first-order chi connectivity index (χ1) is 9.02. The van der Waals surface area contributed by atoms with Gasteiger partial charge in [0.2, 0.25) is 11.7 Å². The molecule has 3 amide bonds. The van der Waals surface area contributed by atoms with Crippen molar-refractivity contribution in [3.63, 3.8) is 0 Å². The Balaban J connectivity index is 2.03. The van der Waals surface area contributed by atoms with Crippen LogP contribution in [0.2, 0.25) is 0 Å². The summed E-state index contributed by atoms with van der Waals surface area (Å²) in [5, 5.41) is 8.95. The fourth-order valence-corrected chi connectivity index (χ4v) is 1.83. The molecule has 1 fully saturated rings. The van der Waals surface area contributed by atoms with Crippen molar-refractivity contribution in [2.24, 2.45) is 0 Å². The Hall–Kier alpha value is -2.25. The normalized spacial score (nSPS) is 19.7. The lowest BCUT2D eigenvalue weighted by Crippen LogP contribution is -2.53. The maximum atomic E-state index is 11.9. The molecule has 0 aromatic carbocycles. The van der Waals surface area contributed by atoms with Gasteiger partial charge in [-0.1, -0.05) is 6.92 Å². The van der Waals surface area contributed by atoms with Crippen LogP contribution in [0.5, 0.6) is 0 Å². The summed E-state index contributed by atoms with van der Waals surface area (Å²) in [5.41, 5.74) is 0. The van der Waals surface area contributed by atoms with Crippen LogP contribution < -0.4 is 5.32 Å². The minimum Gasteiger partial charge on any atom is -0.337 e. The number of carbonyl (C=O) groups is 3. The minimum absolute atomic E-state index is 0.00389. The van der Waals surface area contributed by atoms with Gasteiger partial charge >= 0.3 is 0 Å². The second-order valence-electron chi connectivity index (χ2n) is 4.31. The van der Waals surface area contributed by atoms with Crippen molar-refractivity contribution in [3.05, 3.63) is 11.6 Å². The number of amides is 3. The number of aromatic amines is 1. The van der Waals surface area contributed by atoms with Gasteiger partial charge in [0.05, 0.1) is 0 Å². The number of hydrogen-bond donors (Lipinski definition) is 2. The SMILES string of the molecule is CCc1nc(C(=O)NC2CCC(=O)N(C)C2=O)n[nH]1. The summed E-state index contributed by atoms with van der Waals surface area (Å²) in [7, 11) is 1.41. The maximum absolute atomic E-state index is 11.9. The molecule has 8 nitrogen and oxygen atoms in total. The van der Waals surface area contributed by atoms with E-state index in [4.69, 9.17) is 0 Å². The van der Waals surface area contributed by atoms with Gasteiger partial charge in [0.25, 0.3) is 11.8 Å². The highest BCUT2D eigenvalue weighted by atomic mass is 16.2. The molecule has 1 atom stereocenters. The molecule has 1 aromatic rings. The van der Waals surface area contributed by atoms with E-state index in [-0.39, 0.29) is 18.2 Å². The van der Waals surface area contributed by atoms with Gasteiger partial charge in [0, 0.05) is 19.9 Å². The lowest BCUT2D eigenvalue weighted by molar-refractivity contribution is -0.147. The fraction of sp³-hybridized carbons (Fsp3) is 0.545. The van der Waals surface area contributed by atoms with E-state index >= 15 is 0 Å². The Morgan fingerprint density at radius 3 is 2.89 bits per heavy atom. The Kier molecular flexibility index (Phi) is 3.59. The Morgan fingerprint density at radius 1 is 1.53 bits per heavy atom. The summed E-state index contributed by atoms with van der Waals surface area (Å²) in [6.45, 7) is 1.88. The van der Waals surface area contributed by atoms with Gasteiger partial charge in [0.1, 0.15) is 11.9 Å². The van der Waals surface area contributed by atoms with Crippen molar-refractivity contribution < 1.29 is 14.4 Å². The number of nitrogens with one attached hydrogen (secondary N) is 2. The van der Waals surface area contributed by atoms with Crippen LogP contribution in [0.25, 0.3) is 0 Å². The summed E-state index contributed by atoms with van der Waals surface area (Å²) in [5.74, 6) is -0.550. The van der Waals surface area contributed by atoms with Crippen LogP contribution in [0, 0.1) is 0 Å². The first-order valence-electron chi connectivity index (χ1n) is 6.05. The molecule has 1 aromatic heterocycles. The van der Waals surface area contributed by atoms with E-state index in [2.05, 4.69) is 20.5 Å². The zero-order valence-electron chi connectivity index (χ0n) is 10.8. The largest absolute Gasteiger partial charge is 0.337 e. The van der Waals surface area contributed by atoms with E-state index in [1.807, 2.05) is 6.92 Å². The molecule has 1 aliphatic heterocycles. The third kappa shape index (κ3) is 2.61. The third-order valence-corrected chi connectivity index (χ3v) is 3.02. The zero-order chi connectivity index (χ0) is 14.0. The Bertz CT molecular complexity index is 524. The van der Waals surface area contributed by atoms with Gasteiger partial charge in [-0.25, -0.2) is 4.98 Å². The minimum atomic E-state index is -0.696. The van der Waals surface area contributed by atoms with Crippen LogP contribution in [0.15, 0.2) is 0 Å². The monoisotopic (exact) mass is 265 g/mol. The van der Waals surface area contributed by atoms with Gasteiger partial charge in [-0.15, -0.1) is 5.10 Å². The van der Waals surface area contributed by atoms with Crippen LogP contribution in [-0.2, 0) is 16.0 Å². The Labute approximate surface area is 109 Å². The van der Waals surface area contributed by atoms with Gasteiger partial charge in [-0.05, 0) is 6.42 Å². The van der Waals surface area contributed by atoms with Crippen LogP contribution >= 0.6 is 0 Å². The number of rotatable bonds is 3. The summed E-state index contributed by atoms with van der Waals surface area (Å²) in [6.07, 6.45) is 1.18. The molecule has 0 bridgehead atoms. The molecule has 2 N–H and O–H groups in total. The molecule has 1 aliphatic rings. The van der Waals surface area contributed by atoms with E-state index in [0.29, 0.717) is 18.7 Å². The second kappa shape index (κ2) is 5.17. The van der Waals surface area contributed by atoms with E-state index in [9.17, 15) is 14.4 Å². The summed E-state index contributed by atoms with van der Waals surface area (Å²) in [6, 6.07) is -0.696. The Morgan fingerprint density at radius 2 is 2.26 bits per heavy atom. The summed E-state index contributed by atoms with van der Waals surface area (Å²) in [4.78, 5) is 40.0. The number of aromatic nitrogens is 3. The van der Waals surface area contributed by atoms with Crippen LogP contribution in [0.4, 0.5) is 0 Å². The number of carbonyl (C=O) groups excluding carboxylic acids is 3. The standard InChI is InChI=1S/C11H15N5O3/c1-3-7-13-9(15-14-7)10(18)12-6-4-5-8(17)16(2)11(6)19/h6H,3-5H2,1-2H3,(H,12,18)(H,13,14,15). The van der Waals surface area contributed by atoms with Crippen LogP contribution in [-0.4, -0.2) is 50.9 Å². The molecule has 0 spiro atoms. The first-order valence-corrected chi connectivity index (χ1v) is 6.05. The fourth-order valence-electron chi connectivity index (χ4n) is 1.83. The van der Waals surface area contributed by atoms with Crippen LogP contribution in [0.1, 0.15) is 36.2 Å². The van der Waals surface area contributed by atoms with E-state index < -0.39 is 17.9 Å². The van der Waals surface area contributed by atoms with Crippen molar-refractivity contribution >= 4 is 17.7 Å². The highest BCUT2D eigenvalue weighted by molar-refractivity contribution is 6.02. The molecule has 0 aliphatic carbocycles. The molecule has 1 saturated heterocycles. The van der Waals surface area contributed by atoms with E-state index in [1.165, 1.54) is 7.05 Å². The number of imide groups is 1. The first kappa shape index (κ1) is 13.2. The molecule has 2 rings (SSSR count). The topological polar surface area (TPSA) is 108 Å². The van der Waals surface area contributed by atoms with Gasteiger partial charge in [-0.3, -0.25) is 24.4 Å². The number of H-pyrrole nitrogens is 1. The smallest absolute Gasteiger partial charge is 0.291 e. The molecule has 8 heteroatoms. The van der Waals surface area contributed by atoms with Crippen molar-refractivity contribution in [1.82, 2.24) is 25.4 Å². The van der Waals surface area contributed by atoms with Crippen LogP contribution in [0.3, 0.4) is 0 Å². The summed E-state index contributed by atoms with van der Waals surface area (Å²) >= 11 is 0. The average molecular weight is 265 g/mol. The molecule has 2 heterocycles. The van der Waals surface area contributed by atoms with Gasteiger partial charge in [0.15, 0.2) is 0 Å². The highest BCUT2D eigenvalue weighted by Crippen LogP contribution is 2.11. The van der Waals surface area contributed by atoms with Crippen molar-refractivity contribution in [3.8, 4) is 0 Å². The van der Waals surface area contributed by atoms with Gasteiger partial charge < -0.3 is 5.32 Å². The number of likely N-dealkylation sites (N-methyl/N-ethyl adjacent to an activating group) is 1. The van der Waals surface area contributed by atoms with Crippen molar-refractivity contribution in [2.75, 3.05) is 7.05 Å². The second-order valence-corrected chi connectivity index (χ2v) is 4.31. The lowest BCUT2D eigenvalue weighted by Gasteiger charge is -2.27. The van der Waals surface area contributed by atoms with Gasteiger partial charge in [-0.2, -0.15) is 0 Å². The third-order valence-electron chi connectivity index (χ3n) is 3.02. The number of likely N-dealkylation sites (tertiary alicyclic amines) is 1. The molecule has 1 unspecified atom stereocenters. The predicted octanol–water partition coefficient (Wildman–Crippen LogP) is -0.756. The van der Waals surface area contributed by atoms with Crippen molar-refractivity contribution in [2.45, 2.75) is 32.2 Å². The van der Waals surface area contributed by atoms with Crippen molar-refractivity contribution in [1.29, 1.82) is 0 Å². The number of hydrogen-bond acceptors (Lipinski definition) is 5. The number of piperidine rings is 1. The van der Waals surface area contributed by atoms with E-state index in [1.54, 1.807) is 0 Å². The molecule has 0 saturated carbocycles. The summed E-state index contributed by atoms with van der Waals surface area (Å²) < 4.78 is 0. The molecule has 0 radical (unpaired) electrons. The highest BCUT2D eigenvalue weighted by Gasteiger charge is 2.33. The molecule has 102 valence electrons. The average Bonchev–Trinajstić information content (AvgIpc) is 2.88. The predicted molar refractivity (Wildman–Crippen MR) is 64.0 cm³/mol. The zero-order valence-corrected chi connectivity index (χ0v) is 10.8. The quantitative estimate of drug-likeness (QED) is 0.699. The number of nitrogens with zero attached hydrogens (tertiary/aromatic N) is 3.